The molecule has 2 aromatic rings. The van der Waals surface area contributed by atoms with Crippen molar-refractivity contribution in [3.8, 4) is 0 Å². The summed E-state index contributed by atoms with van der Waals surface area (Å²) >= 11 is 0. The van der Waals surface area contributed by atoms with Gasteiger partial charge in [-0.05, 0) is 24.3 Å². The highest BCUT2D eigenvalue weighted by Crippen LogP contribution is 2.15. The van der Waals surface area contributed by atoms with E-state index in [4.69, 9.17) is 4.74 Å². The smallest absolute Gasteiger partial charge is 0.339 e. The fraction of sp³-hybridized carbons (Fsp3) is 0.125. The number of hydrogen-bond acceptors (Lipinski definition) is 4. The lowest BCUT2D eigenvalue weighted by atomic mass is 10.2. The zero-order valence-electron chi connectivity index (χ0n) is 11.6. The second-order valence-corrected chi connectivity index (χ2v) is 4.30. The third-order valence-corrected chi connectivity index (χ3v) is 2.83. The van der Waals surface area contributed by atoms with Crippen molar-refractivity contribution in [2.24, 2.45) is 0 Å². The summed E-state index contributed by atoms with van der Waals surface area (Å²) in [5, 5.41) is 5.69. The van der Waals surface area contributed by atoms with E-state index in [0.717, 1.165) is 5.69 Å². The summed E-state index contributed by atoms with van der Waals surface area (Å²) in [6, 6.07) is 16.1. The molecule has 0 fully saturated rings. The van der Waals surface area contributed by atoms with E-state index in [0.29, 0.717) is 11.3 Å². The van der Waals surface area contributed by atoms with Crippen LogP contribution in [0.2, 0.25) is 0 Å². The lowest BCUT2D eigenvalue weighted by Gasteiger charge is -2.10. The van der Waals surface area contributed by atoms with E-state index in [1.54, 1.807) is 36.4 Å². The average molecular weight is 284 g/mol. The van der Waals surface area contributed by atoms with Crippen LogP contribution >= 0.6 is 0 Å². The number of esters is 1. The van der Waals surface area contributed by atoms with Crippen LogP contribution in [0.15, 0.2) is 54.6 Å². The summed E-state index contributed by atoms with van der Waals surface area (Å²) < 4.78 is 4.70. The predicted octanol–water partition coefficient (Wildman–Crippen LogP) is 2.52. The molecule has 2 rings (SSSR count). The monoisotopic (exact) mass is 284 g/mol. The Morgan fingerprint density at radius 3 is 2.38 bits per heavy atom. The molecule has 1 amide bonds. The molecule has 108 valence electrons. The van der Waals surface area contributed by atoms with Crippen molar-refractivity contribution in [1.82, 2.24) is 0 Å². The fourth-order valence-corrected chi connectivity index (χ4v) is 1.83. The fourth-order valence-electron chi connectivity index (χ4n) is 1.83. The van der Waals surface area contributed by atoms with Crippen LogP contribution in [0.1, 0.15) is 10.4 Å². The highest BCUT2D eigenvalue weighted by atomic mass is 16.5. The second-order valence-electron chi connectivity index (χ2n) is 4.30. The molecule has 0 aliphatic carbocycles. The molecule has 0 saturated carbocycles. The summed E-state index contributed by atoms with van der Waals surface area (Å²) in [5.74, 6) is -0.637. The van der Waals surface area contributed by atoms with Gasteiger partial charge in [0, 0.05) is 11.4 Å². The van der Waals surface area contributed by atoms with Crippen molar-refractivity contribution >= 4 is 23.3 Å². The molecule has 0 aliphatic heterocycles. The first-order chi connectivity index (χ1) is 10.2. The van der Waals surface area contributed by atoms with E-state index in [2.05, 4.69) is 10.6 Å². The van der Waals surface area contributed by atoms with Gasteiger partial charge in [-0.25, -0.2) is 4.79 Å². The van der Waals surface area contributed by atoms with Crippen LogP contribution in [0.3, 0.4) is 0 Å². The van der Waals surface area contributed by atoms with Gasteiger partial charge in [0.2, 0.25) is 5.91 Å². The Bertz CT molecular complexity index is 626. The molecule has 0 saturated heterocycles. The number of rotatable bonds is 5. The molecular weight excluding hydrogens is 268 g/mol. The number of para-hydroxylation sites is 2. The van der Waals surface area contributed by atoms with Crippen LogP contribution in [0.4, 0.5) is 11.4 Å². The molecule has 0 spiro atoms. The minimum absolute atomic E-state index is 0.0584. The van der Waals surface area contributed by atoms with Gasteiger partial charge >= 0.3 is 5.97 Å². The van der Waals surface area contributed by atoms with Gasteiger partial charge < -0.3 is 15.4 Å². The Morgan fingerprint density at radius 1 is 1.00 bits per heavy atom. The minimum atomic E-state index is -0.443. The van der Waals surface area contributed by atoms with Gasteiger partial charge in [0.05, 0.1) is 19.2 Å². The maximum atomic E-state index is 11.8. The average Bonchev–Trinajstić information content (AvgIpc) is 2.53. The molecule has 0 atom stereocenters. The van der Waals surface area contributed by atoms with Crippen molar-refractivity contribution in [2.75, 3.05) is 24.3 Å². The van der Waals surface area contributed by atoms with Crippen molar-refractivity contribution in [3.05, 3.63) is 60.2 Å². The molecule has 0 aromatic heterocycles. The Labute approximate surface area is 122 Å². The van der Waals surface area contributed by atoms with Crippen molar-refractivity contribution in [1.29, 1.82) is 0 Å². The van der Waals surface area contributed by atoms with E-state index < -0.39 is 5.97 Å². The highest BCUT2D eigenvalue weighted by Gasteiger charge is 2.11. The molecule has 0 bridgehead atoms. The molecule has 5 nitrogen and oxygen atoms in total. The molecule has 0 aliphatic rings. The van der Waals surface area contributed by atoms with Crippen molar-refractivity contribution in [3.63, 3.8) is 0 Å². The minimum Gasteiger partial charge on any atom is -0.465 e. The Kier molecular flexibility index (Phi) is 4.93. The number of anilines is 2. The van der Waals surface area contributed by atoms with E-state index in [1.165, 1.54) is 7.11 Å². The van der Waals surface area contributed by atoms with Gasteiger partial charge in [0.25, 0.3) is 0 Å². The first kappa shape index (κ1) is 14.6. The molecule has 5 heteroatoms. The first-order valence-corrected chi connectivity index (χ1v) is 6.47. The number of ether oxygens (including phenoxy) is 1. The standard InChI is InChI=1S/C16H16N2O3/c1-21-16(20)13-9-5-6-10-14(13)17-11-15(19)18-12-7-3-2-4-8-12/h2-10,17H,11H2,1H3,(H,18,19). The van der Waals surface area contributed by atoms with Crippen LogP contribution in [0.25, 0.3) is 0 Å². The lowest BCUT2D eigenvalue weighted by Crippen LogP contribution is -2.22. The maximum absolute atomic E-state index is 11.8. The van der Waals surface area contributed by atoms with Crippen LogP contribution in [-0.2, 0) is 9.53 Å². The maximum Gasteiger partial charge on any atom is 0.339 e. The number of nitrogens with one attached hydrogen (secondary N) is 2. The Balaban J connectivity index is 1.97. The molecule has 0 unspecified atom stereocenters. The molecule has 2 N–H and O–H groups in total. The van der Waals surface area contributed by atoms with Gasteiger partial charge in [-0.2, -0.15) is 0 Å². The quantitative estimate of drug-likeness (QED) is 0.828. The molecule has 21 heavy (non-hydrogen) atoms. The molecule has 2 aromatic carbocycles. The number of amides is 1. The Morgan fingerprint density at radius 2 is 1.67 bits per heavy atom. The highest BCUT2D eigenvalue weighted by molar-refractivity contribution is 5.98. The zero-order chi connectivity index (χ0) is 15.1. The number of carbonyl (C=O) groups excluding carboxylic acids is 2. The number of hydrogen-bond donors (Lipinski definition) is 2. The zero-order valence-corrected chi connectivity index (χ0v) is 11.6. The van der Waals surface area contributed by atoms with Gasteiger partial charge in [0.1, 0.15) is 0 Å². The van der Waals surface area contributed by atoms with Crippen molar-refractivity contribution in [2.45, 2.75) is 0 Å². The van der Waals surface area contributed by atoms with E-state index in [9.17, 15) is 9.59 Å². The summed E-state index contributed by atoms with van der Waals surface area (Å²) in [7, 11) is 1.32. The van der Waals surface area contributed by atoms with Gasteiger partial charge in [0.15, 0.2) is 0 Å². The predicted molar refractivity (Wildman–Crippen MR) is 81.3 cm³/mol. The number of methoxy groups -OCH3 is 1. The topological polar surface area (TPSA) is 67.4 Å². The lowest BCUT2D eigenvalue weighted by molar-refractivity contribution is -0.114. The number of benzene rings is 2. The molecule has 0 radical (unpaired) electrons. The molecule has 0 heterocycles. The molecular formula is C16H16N2O3. The Hall–Kier alpha value is -2.82. The van der Waals surface area contributed by atoms with Crippen LogP contribution < -0.4 is 10.6 Å². The summed E-state index contributed by atoms with van der Waals surface area (Å²) in [6.07, 6.45) is 0. The van der Waals surface area contributed by atoms with E-state index >= 15 is 0 Å². The van der Waals surface area contributed by atoms with Crippen LogP contribution in [0, 0.1) is 0 Å². The summed E-state index contributed by atoms with van der Waals surface area (Å²) in [5.41, 5.74) is 1.69. The van der Waals surface area contributed by atoms with Crippen molar-refractivity contribution < 1.29 is 14.3 Å². The van der Waals surface area contributed by atoms with Gasteiger partial charge in [-0.15, -0.1) is 0 Å². The van der Waals surface area contributed by atoms with Crippen LogP contribution in [0.5, 0.6) is 0 Å². The summed E-state index contributed by atoms with van der Waals surface area (Å²) in [4.78, 5) is 23.5. The third-order valence-electron chi connectivity index (χ3n) is 2.83. The number of carbonyl (C=O) groups is 2. The first-order valence-electron chi connectivity index (χ1n) is 6.47. The third kappa shape index (κ3) is 4.07. The van der Waals surface area contributed by atoms with Crippen LogP contribution in [-0.4, -0.2) is 25.5 Å². The summed E-state index contributed by atoms with van der Waals surface area (Å²) in [6.45, 7) is 0.0584. The SMILES string of the molecule is COC(=O)c1ccccc1NCC(=O)Nc1ccccc1. The van der Waals surface area contributed by atoms with Gasteiger partial charge in [-0.3, -0.25) is 4.79 Å². The van der Waals surface area contributed by atoms with E-state index in [-0.39, 0.29) is 12.5 Å². The normalized spacial score (nSPS) is 9.76. The largest absolute Gasteiger partial charge is 0.465 e. The second kappa shape index (κ2) is 7.09. The van der Waals surface area contributed by atoms with Gasteiger partial charge in [-0.1, -0.05) is 30.3 Å². The van der Waals surface area contributed by atoms with E-state index in [1.807, 2.05) is 18.2 Å².